The Kier molecular flexibility index (Phi) is 2.43. The van der Waals surface area contributed by atoms with Crippen LogP contribution >= 0.6 is 0 Å². The Morgan fingerprint density at radius 2 is 2.25 bits per heavy atom. The monoisotopic (exact) mass is 164 g/mol. The molecule has 0 bridgehead atoms. The molecule has 0 aliphatic heterocycles. The van der Waals surface area contributed by atoms with E-state index in [-0.39, 0.29) is 11.6 Å². The fourth-order valence-electron chi connectivity index (χ4n) is 0.945. The van der Waals surface area contributed by atoms with E-state index in [4.69, 9.17) is 0 Å². The third-order valence-corrected chi connectivity index (χ3v) is 1.65. The van der Waals surface area contributed by atoms with Crippen molar-refractivity contribution in [3.8, 4) is 0 Å². The van der Waals surface area contributed by atoms with Gasteiger partial charge in [0.25, 0.3) is 5.69 Å². The van der Waals surface area contributed by atoms with Crippen LogP contribution in [0.2, 0.25) is 0 Å². The Morgan fingerprint density at radius 1 is 1.58 bits per heavy atom. The van der Waals surface area contributed by atoms with Gasteiger partial charge in [-0.25, -0.2) is 0 Å². The van der Waals surface area contributed by atoms with E-state index in [1.54, 1.807) is 12.1 Å². The third kappa shape index (κ3) is 1.81. The van der Waals surface area contributed by atoms with Crippen LogP contribution in [0, 0.1) is 17.0 Å². The van der Waals surface area contributed by atoms with Crippen molar-refractivity contribution in [2.24, 2.45) is 0 Å². The fraction of sp³-hybridized carbons (Fsp3) is 0.222. The summed E-state index contributed by atoms with van der Waals surface area (Å²) in [6, 6.07) is 6.54. The van der Waals surface area contributed by atoms with Gasteiger partial charge in [0.2, 0.25) is 0 Å². The van der Waals surface area contributed by atoms with Crippen molar-refractivity contribution < 1.29 is 4.92 Å². The summed E-state index contributed by atoms with van der Waals surface area (Å²) in [5.74, 6) is 0.0879. The highest BCUT2D eigenvalue weighted by Crippen LogP contribution is 2.19. The SMILES string of the molecule is [CH2][C@H](C)c1cccc([N+](=O)[O-])c1. The standard InChI is InChI=1S/C9H10NO2/c1-7(2)8-4-3-5-9(6-8)10(11)12/h3-7H,1H2,2H3/t7-/m1/s1. The lowest BCUT2D eigenvalue weighted by atomic mass is 10.0. The van der Waals surface area contributed by atoms with Crippen LogP contribution < -0.4 is 0 Å². The number of hydrogen-bond acceptors (Lipinski definition) is 2. The van der Waals surface area contributed by atoms with E-state index in [9.17, 15) is 10.1 Å². The minimum Gasteiger partial charge on any atom is -0.258 e. The highest BCUT2D eigenvalue weighted by Gasteiger charge is 2.06. The van der Waals surface area contributed by atoms with E-state index in [1.165, 1.54) is 6.07 Å². The van der Waals surface area contributed by atoms with Gasteiger partial charge in [0.15, 0.2) is 0 Å². The van der Waals surface area contributed by atoms with Crippen molar-refractivity contribution in [3.05, 3.63) is 46.9 Å². The number of benzene rings is 1. The van der Waals surface area contributed by atoms with Gasteiger partial charge in [0.1, 0.15) is 0 Å². The zero-order valence-corrected chi connectivity index (χ0v) is 6.86. The van der Waals surface area contributed by atoms with Gasteiger partial charge in [-0.15, -0.1) is 0 Å². The second-order valence-corrected chi connectivity index (χ2v) is 2.75. The van der Waals surface area contributed by atoms with Crippen LogP contribution in [0.15, 0.2) is 24.3 Å². The Bertz CT molecular complexity index is 294. The van der Waals surface area contributed by atoms with Crippen LogP contribution in [-0.2, 0) is 0 Å². The van der Waals surface area contributed by atoms with Crippen LogP contribution in [0.3, 0.4) is 0 Å². The molecule has 1 radical (unpaired) electrons. The molecular weight excluding hydrogens is 154 g/mol. The minimum atomic E-state index is -0.397. The number of nitrogens with zero attached hydrogens (tertiary/aromatic N) is 1. The summed E-state index contributed by atoms with van der Waals surface area (Å²) in [4.78, 5) is 9.96. The largest absolute Gasteiger partial charge is 0.269 e. The molecule has 0 fully saturated rings. The molecule has 3 heteroatoms. The first-order valence-corrected chi connectivity index (χ1v) is 3.68. The van der Waals surface area contributed by atoms with Crippen molar-refractivity contribution in [2.75, 3.05) is 0 Å². The summed E-state index contributed by atoms with van der Waals surface area (Å²) >= 11 is 0. The normalized spacial score (nSPS) is 10.2. The molecule has 0 saturated carbocycles. The van der Waals surface area contributed by atoms with E-state index < -0.39 is 4.92 Å². The van der Waals surface area contributed by atoms with E-state index in [0.29, 0.717) is 0 Å². The van der Waals surface area contributed by atoms with Crippen molar-refractivity contribution in [3.63, 3.8) is 0 Å². The molecule has 0 aromatic heterocycles. The molecule has 3 nitrogen and oxygen atoms in total. The smallest absolute Gasteiger partial charge is 0.258 e. The molecule has 1 aromatic rings. The lowest BCUT2D eigenvalue weighted by Crippen LogP contribution is -1.91. The van der Waals surface area contributed by atoms with Crippen LogP contribution in [0.5, 0.6) is 0 Å². The van der Waals surface area contributed by atoms with Gasteiger partial charge in [-0.2, -0.15) is 0 Å². The van der Waals surface area contributed by atoms with E-state index in [0.717, 1.165) is 5.56 Å². The van der Waals surface area contributed by atoms with Crippen molar-refractivity contribution in [1.29, 1.82) is 0 Å². The molecule has 0 amide bonds. The molecule has 12 heavy (non-hydrogen) atoms. The summed E-state index contributed by atoms with van der Waals surface area (Å²) in [6.07, 6.45) is 0. The van der Waals surface area contributed by atoms with Crippen LogP contribution in [0.1, 0.15) is 18.4 Å². The maximum Gasteiger partial charge on any atom is 0.269 e. The Labute approximate surface area is 71.2 Å². The van der Waals surface area contributed by atoms with Crippen LogP contribution in [0.25, 0.3) is 0 Å². The predicted octanol–water partition coefficient (Wildman–Crippen LogP) is 2.53. The second-order valence-electron chi connectivity index (χ2n) is 2.75. The Morgan fingerprint density at radius 3 is 2.75 bits per heavy atom. The number of hydrogen-bond donors (Lipinski definition) is 0. The molecule has 0 aliphatic carbocycles. The average molecular weight is 164 g/mol. The molecular formula is C9H10NO2. The highest BCUT2D eigenvalue weighted by molar-refractivity contribution is 5.35. The molecule has 0 spiro atoms. The molecule has 0 saturated heterocycles. The van der Waals surface area contributed by atoms with Gasteiger partial charge in [0.05, 0.1) is 4.92 Å². The van der Waals surface area contributed by atoms with Gasteiger partial charge in [-0.1, -0.05) is 19.1 Å². The lowest BCUT2D eigenvalue weighted by molar-refractivity contribution is -0.384. The number of rotatable bonds is 2. The summed E-state index contributed by atoms with van der Waals surface area (Å²) in [5, 5.41) is 10.4. The summed E-state index contributed by atoms with van der Waals surface area (Å²) in [5.41, 5.74) is 1.02. The average Bonchev–Trinajstić information content (AvgIpc) is 2.04. The van der Waals surface area contributed by atoms with Crippen LogP contribution in [0.4, 0.5) is 5.69 Å². The maximum absolute atomic E-state index is 10.4. The van der Waals surface area contributed by atoms with Gasteiger partial charge < -0.3 is 0 Å². The van der Waals surface area contributed by atoms with Gasteiger partial charge in [-0.3, -0.25) is 10.1 Å². The van der Waals surface area contributed by atoms with E-state index in [2.05, 4.69) is 6.92 Å². The molecule has 1 atom stereocenters. The first kappa shape index (κ1) is 8.71. The predicted molar refractivity (Wildman–Crippen MR) is 46.9 cm³/mol. The zero-order valence-electron chi connectivity index (χ0n) is 6.86. The first-order valence-electron chi connectivity index (χ1n) is 3.68. The topological polar surface area (TPSA) is 43.1 Å². The van der Waals surface area contributed by atoms with E-state index >= 15 is 0 Å². The second kappa shape index (κ2) is 3.34. The minimum absolute atomic E-state index is 0.0879. The molecule has 0 unspecified atom stereocenters. The quantitative estimate of drug-likeness (QED) is 0.498. The number of non-ortho nitro benzene ring substituents is 1. The van der Waals surface area contributed by atoms with Crippen molar-refractivity contribution >= 4 is 5.69 Å². The van der Waals surface area contributed by atoms with Crippen molar-refractivity contribution in [1.82, 2.24) is 0 Å². The summed E-state index contributed by atoms with van der Waals surface area (Å²) in [6.45, 7) is 5.69. The molecule has 1 rings (SSSR count). The first-order chi connectivity index (χ1) is 5.61. The molecule has 0 heterocycles. The van der Waals surface area contributed by atoms with Crippen LogP contribution in [-0.4, -0.2) is 4.92 Å². The molecule has 63 valence electrons. The molecule has 1 aromatic carbocycles. The van der Waals surface area contributed by atoms with Gasteiger partial charge >= 0.3 is 0 Å². The number of nitro groups is 1. The fourth-order valence-corrected chi connectivity index (χ4v) is 0.945. The van der Waals surface area contributed by atoms with Gasteiger partial charge in [0, 0.05) is 12.1 Å². The third-order valence-electron chi connectivity index (χ3n) is 1.65. The maximum atomic E-state index is 10.4. The highest BCUT2D eigenvalue weighted by atomic mass is 16.6. The number of nitro benzene ring substituents is 1. The van der Waals surface area contributed by atoms with Crippen molar-refractivity contribution in [2.45, 2.75) is 12.8 Å². The summed E-state index contributed by atoms with van der Waals surface area (Å²) in [7, 11) is 0. The summed E-state index contributed by atoms with van der Waals surface area (Å²) < 4.78 is 0. The zero-order chi connectivity index (χ0) is 9.14. The Hall–Kier alpha value is -1.38. The Balaban J connectivity index is 3.04. The van der Waals surface area contributed by atoms with Gasteiger partial charge in [-0.05, 0) is 18.4 Å². The van der Waals surface area contributed by atoms with E-state index in [1.807, 2.05) is 13.0 Å². The molecule has 0 N–H and O–H groups in total. The lowest BCUT2D eigenvalue weighted by Gasteiger charge is -2.02. The molecule has 0 aliphatic rings.